The molecule has 0 aliphatic heterocycles. The lowest BCUT2D eigenvalue weighted by atomic mass is 9.77. The summed E-state index contributed by atoms with van der Waals surface area (Å²) in [6.45, 7) is 9.60. The average molecular weight is 303 g/mol. The molecule has 1 aliphatic rings. The maximum atomic E-state index is 2.60. The summed E-state index contributed by atoms with van der Waals surface area (Å²) in [5, 5.41) is 1.74. The van der Waals surface area contributed by atoms with E-state index in [0.29, 0.717) is 0 Å². The van der Waals surface area contributed by atoms with Gasteiger partial charge < -0.3 is 0 Å². The van der Waals surface area contributed by atoms with Gasteiger partial charge in [0.1, 0.15) is 0 Å². The van der Waals surface area contributed by atoms with Crippen LogP contribution in [0.5, 0.6) is 0 Å². The minimum absolute atomic E-state index is 0.706. The highest BCUT2D eigenvalue weighted by Crippen LogP contribution is 2.37. The van der Waals surface area contributed by atoms with Crippen molar-refractivity contribution in [2.75, 3.05) is 0 Å². The van der Waals surface area contributed by atoms with E-state index in [1.807, 2.05) is 0 Å². The number of hydrogen-bond acceptors (Lipinski definition) is 0. The Labute approximate surface area is 134 Å². The largest absolute Gasteiger partial charge is 0.0682 e. The summed E-state index contributed by atoms with van der Waals surface area (Å²) in [5.41, 5.74) is 3.29. The van der Waals surface area contributed by atoms with E-state index in [2.05, 4.69) is 45.1 Å². The van der Waals surface area contributed by atoms with Crippen molar-refractivity contribution in [1.29, 1.82) is 0 Å². The molecule has 0 unspecified atom stereocenters. The van der Waals surface area contributed by atoms with Gasteiger partial charge in [0.05, 0.1) is 8.80 Å². The van der Waals surface area contributed by atoms with Crippen LogP contribution in [0.4, 0.5) is 0 Å². The first kappa shape index (κ1) is 16.8. The SMILES string of the molecule is CCCc1ccc([C@H]2CC[C@H](CCC)CC2)cc1[SiH](C)C. The topological polar surface area (TPSA) is 0 Å². The fraction of sp³-hybridized carbons (Fsp3) is 0.700. The molecule has 0 spiro atoms. The van der Waals surface area contributed by atoms with Crippen molar-refractivity contribution >= 4 is 14.0 Å². The van der Waals surface area contributed by atoms with Gasteiger partial charge in [0, 0.05) is 0 Å². The van der Waals surface area contributed by atoms with Gasteiger partial charge in [-0.15, -0.1) is 0 Å². The van der Waals surface area contributed by atoms with Gasteiger partial charge in [0.25, 0.3) is 0 Å². The van der Waals surface area contributed by atoms with Crippen molar-refractivity contribution < 1.29 is 0 Å². The van der Waals surface area contributed by atoms with Crippen LogP contribution in [0.15, 0.2) is 18.2 Å². The third-order valence-electron chi connectivity index (χ3n) is 5.33. The summed E-state index contributed by atoms with van der Waals surface area (Å²) in [4.78, 5) is 0. The fourth-order valence-corrected chi connectivity index (χ4v) is 5.60. The van der Waals surface area contributed by atoms with Gasteiger partial charge >= 0.3 is 0 Å². The van der Waals surface area contributed by atoms with Gasteiger partial charge in [0.2, 0.25) is 0 Å². The van der Waals surface area contributed by atoms with Crippen LogP contribution >= 0.6 is 0 Å². The lowest BCUT2D eigenvalue weighted by molar-refractivity contribution is 0.308. The summed E-state index contributed by atoms with van der Waals surface area (Å²) < 4.78 is 0. The first-order chi connectivity index (χ1) is 10.2. The lowest BCUT2D eigenvalue weighted by Gasteiger charge is -2.29. The standard InChI is InChI=1S/C20H34Si/c1-5-7-16-9-11-17(12-10-16)19-14-13-18(8-6-2)20(15-19)21(3)4/h13-17,21H,5-12H2,1-4H3/t16-,17-. The predicted molar refractivity (Wildman–Crippen MR) is 98.6 cm³/mol. The first-order valence-electron chi connectivity index (χ1n) is 9.28. The molecule has 0 heterocycles. The Hall–Kier alpha value is -0.563. The van der Waals surface area contributed by atoms with E-state index in [9.17, 15) is 0 Å². The molecule has 0 aromatic heterocycles. The molecular weight excluding hydrogens is 268 g/mol. The summed E-state index contributed by atoms with van der Waals surface area (Å²) in [7, 11) is -0.706. The van der Waals surface area contributed by atoms with Crippen LogP contribution in [0.2, 0.25) is 13.1 Å². The number of benzene rings is 1. The molecule has 1 aliphatic carbocycles. The van der Waals surface area contributed by atoms with Gasteiger partial charge in [0.15, 0.2) is 0 Å². The zero-order valence-corrected chi connectivity index (χ0v) is 15.8. The minimum Gasteiger partial charge on any atom is -0.0682 e. The Morgan fingerprint density at radius 2 is 1.71 bits per heavy atom. The minimum atomic E-state index is -0.706. The van der Waals surface area contributed by atoms with Gasteiger partial charge in [-0.2, -0.15) is 0 Å². The number of hydrogen-bond donors (Lipinski definition) is 0. The highest BCUT2D eigenvalue weighted by atomic mass is 28.3. The van der Waals surface area contributed by atoms with Crippen LogP contribution in [-0.4, -0.2) is 8.80 Å². The van der Waals surface area contributed by atoms with E-state index in [1.165, 1.54) is 51.4 Å². The molecule has 1 heteroatoms. The molecule has 0 N–H and O–H groups in total. The van der Waals surface area contributed by atoms with Crippen LogP contribution in [0, 0.1) is 5.92 Å². The molecular formula is C20H34Si. The van der Waals surface area contributed by atoms with E-state index in [4.69, 9.17) is 0 Å². The van der Waals surface area contributed by atoms with E-state index >= 15 is 0 Å². The molecule has 0 radical (unpaired) electrons. The van der Waals surface area contributed by atoms with Gasteiger partial charge in [-0.3, -0.25) is 0 Å². The lowest BCUT2D eigenvalue weighted by Crippen LogP contribution is -2.28. The average Bonchev–Trinajstić information content (AvgIpc) is 2.49. The first-order valence-corrected chi connectivity index (χ1v) is 12.2. The van der Waals surface area contributed by atoms with Crippen molar-refractivity contribution in [3.05, 3.63) is 29.3 Å². The quantitative estimate of drug-likeness (QED) is 0.617. The van der Waals surface area contributed by atoms with Crippen molar-refractivity contribution in [3.8, 4) is 0 Å². The zero-order valence-electron chi connectivity index (χ0n) is 14.6. The number of rotatable bonds is 6. The third kappa shape index (κ3) is 4.45. The molecule has 118 valence electrons. The van der Waals surface area contributed by atoms with E-state index in [-0.39, 0.29) is 0 Å². The monoisotopic (exact) mass is 302 g/mol. The predicted octanol–water partition coefficient (Wildman–Crippen LogP) is 5.41. The summed E-state index contributed by atoms with van der Waals surface area (Å²) in [6.07, 6.45) is 11.1. The van der Waals surface area contributed by atoms with E-state index in [1.54, 1.807) is 16.3 Å². The molecule has 1 fully saturated rings. The van der Waals surface area contributed by atoms with Crippen molar-refractivity contribution in [2.24, 2.45) is 5.92 Å². The fourth-order valence-electron chi connectivity index (χ4n) is 4.09. The number of aryl methyl sites for hydroxylation is 1. The molecule has 0 bridgehead atoms. The van der Waals surface area contributed by atoms with Crippen LogP contribution in [0.1, 0.15) is 75.8 Å². The molecule has 1 aromatic carbocycles. The second-order valence-corrected chi connectivity index (χ2v) is 10.3. The smallest absolute Gasteiger partial charge is 0.0651 e. The molecule has 0 nitrogen and oxygen atoms in total. The second-order valence-electron chi connectivity index (χ2n) is 7.37. The molecule has 1 aromatic rings. The molecule has 0 saturated heterocycles. The van der Waals surface area contributed by atoms with Gasteiger partial charge in [-0.25, -0.2) is 0 Å². The zero-order chi connectivity index (χ0) is 15.2. The van der Waals surface area contributed by atoms with Crippen molar-refractivity contribution in [1.82, 2.24) is 0 Å². The Morgan fingerprint density at radius 3 is 2.29 bits per heavy atom. The van der Waals surface area contributed by atoms with Crippen LogP contribution in [0.3, 0.4) is 0 Å². The molecule has 21 heavy (non-hydrogen) atoms. The second kappa shape index (κ2) is 8.17. The van der Waals surface area contributed by atoms with Crippen molar-refractivity contribution in [2.45, 2.75) is 84.2 Å². The van der Waals surface area contributed by atoms with Crippen molar-refractivity contribution in [3.63, 3.8) is 0 Å². The molecule has 0 amide bonds. The Kier molecular flexibility index (Phi) is 6.54. The van der Waals surface area contributed by atoms with Crippen LogP contribution in [0.25, 0.3) is 0 Å². The van der Waals surface area contributed by atoms with Gasteiger partial charge in [-0.1, -0.05) is 69.6 Å². The van der Waals surface area contributed by atoms with E-state index in [0.717, 1.165) is 11.8 Å². The Balaban J connectivity index is 2.09. The Morgan fingerprint density at radius 1 is 1.00 bits per heavy atom. The summed E-state index contributed by atoms with van der Waals surface area (Å²) in [5.74, 6) is 1.87. The highest BCUT2D eigenvalue weighted by Gasteiger charge is 2.22. The third-order valence-corrected chi connectivity index (χ3v) is 7.11. The van der Waals surface area contributed by atoms with Gasteiger partial charge in [-0.05, 0) is 55.1 Å². The highest BCUT2D eigenvalue weighted by molar-refractivity contribution is 6.71. The molecule has 2 rings (SSSR count). The Bertz CT molecular complexity index is 427. The summed E-state index contributed by atoms with van der Waals surface area (Å²) >= 11 is 0. The molecule has 0 atom stereocenters. The molecule has 1 saturated carbocycles. The van der Waals surface area contributed by atoms with Crippen LogP contribution in [-0.2, 0) is 6.42 Å². The summed E-state index contributed by atoms with van der Waals surface area (Å²) in [6, 6.07) is 7.52. The normalized spacial score (nSPS) is 22.7. The maximum Gasteiger partial charge on any atom is 0.0651 e. The maximum absolute atomic E-state index is 2.60. The van der Waals surface area contributed by atoms with E-state index < -0.39 is 8.80 Å². The van der Waals surface area contributed by atoms with Crippen LogP contribution < -0.4 is 5.19 Å².